The second-order valence-electron chi connectivity index (χ2n) is 4.62. The van der Waals surface area contributed by atoms with Crippen molar-refractivity contribution in [3.63, 3.8) is 0 Å². The van der Waals surface area contributed by atoms with Gasteiger partial charge in [-0.1, -0.05) is 6.92 Å². The third-order valence-electron chi connectivity index (χ3n) is 3.29. The van der Waals surface area contributed by atoms with Gasteiger partial charge in [0.2, 0.25) is 0 Å². The SMILES string of the molecule is CCC(C)(C)N(C)c1ccc([N+](=O)[O-])c(I)c1. The zero-order chi connectivity index (χ0) is 13.2. The summed E-state index contributed by atoms with van der Waals surface area (Å²) in [6.45, 7) is 6.44. The van der Waals surface area contributed by atoms with E-state index in [-0.39, 0.29) is 16.1 Å². The second-order valence-corrected chi connectivity index (χ2v) is 5.78. The summed E-state index contributed by atoms with van der Waals surface area (Å²) in [4.78, 5) is 12.5. The van der Waals surface area contributed by atoms with Gasteiger partial charge in [0.1, 0.15) is 0 Å². The first-order chi connectivity index (χ1) is 7.79. The molecule has 0 fully saturated rings. The normalized spacial score (nSPS) is 11.4. The Morgan fingerprint density at radius 3 is 2.47 bits per heavy atom. The van der Waals surface area contributed by atoms with Gasteiger partial charge in [-0.15, -0.1) is 0 Å². The number of halogens is 1. The van der Waals surface area contributed by atoms with Crippen molar-refractivity contribution >= 4 is 34.0 Å². The number of benzene rings is 1. The van der Waals surface area contributed by atoms with E-state index in [0.717, 1.165) is 12.1 Å². The van der Waals surface area contributed by atoms with Gasteiger partial charge >= 0.3 is 0 Å². The average Bonchev–Trinajstić information content (AvgIpc) is 2.27. The topological polar surface area (TPSA) is 46.4 Å². The van der Waals surface area contributed by atoms with Crippen LogP contribution in [0.1, 0.15) is 27.2 Å². The van der Waals surface area contributed by atoms with Crippen LogP contribution < -0.4 is 4.90 Å². The molecule has 0 bridgehead atoms. The van der Waals surface area contributed by atoms with Crippen molar-refractivity contribution in [2.45, 2.75) is 32.7 Å². The van der Waals surface area contributed by atoms with Crippen molar-refractivity contribution in [1.82, 2.24) is 0 Å². The van der Waals surface area contributed by atoms with Crippen molar-refractivity contribution in [3.05, 3.63) is 31.9 Å². The van der Waals surface area contributed by atoms with Gasteiger partial charge in [0.15, 0.2) is 0 Å². The van der Waals surface area contributed by atoms with Crippen LogP contribution in [0.4, 0.5) is 11.4 Å². The van der Waals surface area contributed by atoms with Gasteiger partial charge in [0.05, 0.1) is 8.49 Å². The van der Waals surface area contributed by atoms with Crippen molar-refractivity contribution in [1.29, 1.82) is 0 Å². The van der Waals surface area contributed by atoms with E-state index in [4.69, 9.17) is 0 Å². The Labute approximate surface area is 115 Å². The van der Waals surface area contributed by atoms with E-state index >= 15 is 0 Å². The lowest BCUT2D eigenvalue weighted by Crippen LogP contribution is -2.40. The second kappa shape index (κ2) is 5.20. The molecule has 1 aromatic rings. The summed E-state index contributed by atoms with van der Waals surface area (Å²) in [6.07, 6.45) is 1.01. The Morgan fingerprint density at radius 2 is 2.06 bits per heavy atom. The molecule has 0 aliphatic carbocycles. The maximum atomic E-state index is 10.7. The zero-order valence-electron chi connectivity index (χ0n) is 10.5. The van der Waals surface area contributed by atoms with Crippen LogP contribution in [0.3, 0.4) is 0 Å². The molecule has 0 saturated heterocycles. The van der Waals surface area contributed by atoms with Crippen molar-refractivity contribution in [3.8, 4) is 0 Å². The molecule has 0 radical (unpaired) electrons. The molecule has 1 rings (SSSR count). The Bertz CT molecular complexity index is 433. The number of anilines is 1. The van der Waals surface area contributed by atoms with Gasteiger partial charge in [0, 0.05) is 24.3 Å². The van der Waals surface area contributed by atoms with Crippen LogP contribution in [0, 0.1) is 13.7 Å². The van der Waals surface area contributed by atoms with Crippen LogP contribution in [-0.4, -0.2) is 17.5 Å². The minimum atomic E-state index is -0.351. The van der Waals surface area contributed by atoms with Crippen LogP contribution in [0.2, 0.25) is 0 Å². The van der Waals surface area contributed by atoms with Crippen LogP contribution in [0.25, 0.3) is 0 Å². The molecule has 0 N–H and O–H groups in total. The molecule has 0 unspecified atom stereocenters. The van der Waals surface area contributed by atoms with Crippen molar-refractivity contribution < 1.29 is 4.92 Å². The number of hydrogen-bond donors (Lipinski definition) is 0. The maximum Gasteiger partial charge on any atom is 0.282 e. The summed E-state index contributed by atoms with van der Waals surface area (Å²) in [6, 6.07) is 5.23. The fourth-order valence-corrected chi connectivity index (χ4v) is 2.13. The minimum absolute atomic E-state index is 0.0409. The summed E-state index contributed by atoms with van der Waals surface area (Å²) in [5.41, 5.74) is 1.21. The molecule has 0 saturated carbocycles. The lowest BCUT2D eigenvalue weighted by molar-refractivity contribution is -0.385. The van der Waals surface area contributed by atoms with E-state index in [1.54, 1.807) is 12.1 Å². The van der Waals surface area contributed by atoms with Gasteiger partial charge in [-0.05, 0) is 55.0 Å². The molecule has 0 heterocycles. The van der Waals surface area contributed by atoms with E-state index in [2.05, 4.69) is 25.7 Å². The van der Waals surface area contributed by atoms with E-state index < -0.39 is 0 Å². The predicted octanol–water partition coefficient (Wildman–Crippen LogP) is 3.82. The maximum absolute atomic E-state index is 10.7. The number of rotatable bonds is 4. The molecule has 0 atom stereocenters. The van der Waals surface area contributed by atoms with E-state index in [1.807, 2.05) is 35.7 Å². The highest BCUT2D eigenvalue weighted by Gasteiger charge is 2.23. The smallest absolute Gasteiger partial charge is 0.282 e. The monoisotopic (exact) mass is 348 g/mol. The van der Waals surface area contributed by atoms with Crippen molar-refractivity contribution in [2.24, 2.45) is 0 Å². The molecule has 0 spiro atoms. The Kier molecular flexibility index (Phi) is 4.35. The summed E-state index contributed by atoms with van der Waals surface area (Å²) in [5.74, 6) is 0. The molecular weight excluding hydrogens is 331 g/mol. The van der Waals surface area contributed by atoms with Gasteiger partial charge < -0.3 is 4.90 Å². The summed E-state index contributed by atoms with van der Waals surface area (Å²) in [5, 5.41) is 10.7. The first-order valence-electron chi connectivity index (χ1n) is 5.47. The molecular formula is C12H17IN2O2. The van der Waals surface area contributed by atoms with Crippen LogP contribution in [0.15, 0.2) is 18.2 Å². The summed E-state index contributed by atoms with van der Waals surface area (Å²) in [7, 11) is 2.01. The fraction of sp³-hybridized carbons (Fsp3) is 0.500. The number of nitrogens with zero attached hydrogens (tertiary/aromatic N) is 2. The first kappa shape index (κ1) is 14.2. The Morgan fingerprint density at radius 1 is 1.47 bits per heavy atom. The molecule has 0 aliphatic heterocycles. The molecule has 17 heavy (non-hydrogen) atoms. The van der Waals surface area contributed by atoms with Crippen LogP contribution in [0.5, 0.6) is 0 Å². The molecule has 0 aliphatic rings. The van der Waals surface area contributed by atoms with Gasteiger partial charge in [-0.3, -0.25) is 10.1 Å². The van der Waals surface area contributed by atoms with Crippen molar-refractivity contribution in [2.75, 3.05) is 11.9 Å². The molecule has 4 nitrogen and oxygen atoms in total. The molecule has 94 valence electrons. The lowest BCUT2D eigenvalue weighted by Gasteiger charge is -2.36. The van der Waals surface area contributed by atoms with Crippen LogP contribution in [-0.2, 0) is 0 Å². The largest absolute Gasteiger partial charge is 0.369 e. The molecule has 0 amide bonds. The summed E-state index contributed by atoms with van der Waals surface area (Å²) < 4.78 is 0.670. The third-order valence-corrected chi connectivity index (χ3v) is 4.15. The molecule has 5 heteroatoms. The highest BCUT2D eigenvalue weighted by Crippen LogP contribution is 2.30. The standard InChI is InChI=1S/C12H17IN2O2/c1-5-12(2,3)14(4)9-6-7-11(15(16)17)10(13)8-9/h6-8H,5H2,1-4H3. The minimum Gasteiger partial charge on any atom is -0.369 e. The van der Waals surface area contributed by atoms with Gasteiger partial charge in [-0.2, -0.15) is 0 Å². The average molecular weight is 348 g/mol. The molecule has 1 aromatic carbocycles. The third kappa shape index (κ3) is 3.08. The van der Waals surface area contributed by atoms with Gasteiger partial charge in [0.25, 0.3) is 5.69 Å². The number of nitro benzene ring substituents is 1. The van der Waals surface area contributed by atoms with E-state index in [9.17, 15) is 10.1 Å². The number of nitro groups is 1. The lowest BCUT2D eigenvalue weighted by atomic mass is 9.99. The Hall–Kier alpha value is -0.850. The Balaban J connectivity index is 3.10. The number of hydrogen-bond acceptors (Lipinski definition) is 3. The summed E-state index contributed by atoms with van der Waals surface area (Å²) >= 11 is 2.01. The van der Waals surface area contributed by atoms with Gasteiger partial charge in [-0.25, -0.2) is 0 Å². The van der Waals surface area contributed by atoms with Crippen LogP contribution >= 0.6 is 22.6 Å². The zero-order valence-corrected chi connectivity index (χ0v) is 12.7. The first-order valence-corrected chi connectivity index (χ1v) is 6.55. The van der Waals surface area contributed by atoms with E-state index in [0.29, 0.717) is 3.57 Å². The predicted molar refractivity (Wildman–Crippen MR) is 78.6 cm³/mol. The fourth-order valence-electron chi connectivity index (χ4n) is 1.44. The van der Waals surface area contributed by atoms with E-state index in [1.165, 1.54) is 0 Å². The highest BCUT2D eigenvalue weighted by atomic mass is 127. The quantitative estimate of drug-likeness (QED) is 0.472. The molecule has 0 aromatic heterocycles. The highest BCUT2D eigenvalue weighted by molar-refractivity contribution is 14.1.